The zero-order valence-electron chi connectivity index (χ0n) is 21.9. The van der Waals surface area contributed by atoms with Gasteiger partial charge in [-0.05, 0) is 83.1 Å². The largest absolute Gasteiger partial charge is 0.324 e. The molecule has 0 aliphatic rings. The van der Waals surface area contributed by atoms with Crippen LogP contribution in [0, 0.1) is 0 Å². The minimum atomic E-state index is -0.908. The van der Waals surface area contributed by atoms with Crippen LogP contribution in [0.2, 0.25) is 0 Å². The Bertz CT molecular complexity index is 475. The van der Waals surface area contributed by atoms with Crippen LogP contribution in [0.1, 0.15) is 96.4 Å². The molecule has 0 aliphatic heterocycles. The van der Waals surface area contributed by atoms with Crippen LogP contribution >= 0.6 is 32.0 Å². The van der Waals surface area contributed by atoms with Crippen LogP contribution in [0.5, 0.6) is 0 Å². The molecule has 0 bridgehead atoms. The smallest absolute Gasteiger partial charge is 0.189 e. The van der Waals surface area contributed by atoms with Crippen molar-refractivity contribution < 1.29 is 9.32 Å². The van der Waals surface area contributed by atoms with E-state index in [-0.39, 0.29) is 15.5 Å². The number of hydrogen-bond acceptors (Lipinski definition) is 6. The van der Waals surface area contributed by atoms with E-state index in [4.69, 9.17) is 4.52 Å². The maximum Gasteiger partial charge on any atom is 0.189 e. The van der Waals surface area contributed by atoms with Gasteiger partial charge in [-0.25, -0.2) is 9.34 Å². The Hall–Kier alpha value is 0.680. The van der Waals surface area contributed by atoms with Crippen molar-refractivity contribution in [2.75, 3.05) is 11.5 Å². The Kier molecular flexibility index (Phi) is 13.7. The van der Waals surface area contributed by atoms with Crippen LogP contribution in [0.15, 0.2) is 0 Å². The number of carbonyl (C=O) groups is 1. The summed E-state index contributed by atoms with van der Waals surface area (Å²) < 4.78 is 12.1. The quantitative estimate of drug-likeness (QED) is 0.240. The molecule has 0 radical (unpaired) electrons. The molecule has 0 saturated heterocycles. The average Bonchev–Trinajstić information content (AvgIpc) is 2.56. The van der Waals surface area contributed by atoms with Crippen molar-refractivity contribution in [3.8, 4) is 0 Å². The van der Waals surface area contributed by atoms with Gasteiger partial charge in [0.25, 0.3) is 0 Å². The van der Waals surface area contributed by atoms with Crippen LogP contribution in [0.25, 0.3) is 0 Å². The molecule has 0 unspecified atom stereocenters. The van der Waals surface area contributed by atoms with Crippen molar-refractivity contribution in [1.29, 1.82) is 0 Å². The van der Waals surface area contributed by atoms with Gasteiger partial charge in [0.15, 0.2) is 13.6 Å². The predicted molar refractivity (Wildman–Crippen MR) is 141 cm³/mol. The number of rotatable bonds is 14. The van der Waals surface area contributed by atoms with Gasteiger partial charge in [0.05, 0.1) is 5.60 Å². The van der Waals surface area contributed by atoms with Crippen molar-refractivity contribution in [2.45, 2.75) is 131 Å². The van der Waals surface area contributed by atoms with Crippen LogP contribution < -0.4 is 0 Å². The van der Waals surface area contributed by atoms with E-state index < -0.39 is 8.45 Å². The third-order valence-corrected chi connectivity index (χ3v) is 11.2. The fourth-order valence-electron chi connectivity index (χ4n) is 3.21. The molecule has 30 heavy (non-hydrogen) atoms. The minimum Gasteiger partial charge on any atom is -0.324 e. The molecule has 0 heterocycles. The monoisotopic (exact) mass is 480 g/mol. The van der Waals surface area contributed by atoms with Gasteiger partial charge >= 0.3 is 0 Å². The maximum atomic E-state index is 11.7. The van der Waals surface area contributed by atoms with E-state index in [1.807, 2.05) is 18.7 Å². The number of thioether (sulfide) groups is 2. The van der Waals surface area contributed by atoms with Crippen LogP contribution in [0.4, 0.5) is 0 Å². The van der Waals surface area contributed by atoms with E-state index in [9.17, 15) is 4.79 Å². The van der Waals surface area contributed by atoms with Gasteiger partial charge in [-0.3, -0.25) is 4.79 Å². The molecule has 0 rings (SSSR count). The van der Waals surface area contributed by atoms with E-state index in [1.54, 1.807) is 0 Å². The second-order valence-corrected chi connectivity index (χ2v) is 14.6. The minimum absolute atomic E-state index is 0.0322. The van der Waals surface area contributed by atoms with Crippen molar-refractivity contribution in [3.05, 3.63) is 0 Å². The molecular weight excluding hydrogens is 431 g/mol. The summed E-state index contributed by atoms with van der Waals surface area (Å²) in [6.07, 6.45) is 0.602. The van der Waals surface area contributed by atoms with Crippen LogP contribution in [-0.4, -0.2) is 60.5 Å². The standard InChI is InChI=1S/C23H49N2O2PS2/c1-14-21(26)29-16-23(12,13)30-15-22(10,11)27-28(24(17(2)3)18(4)5)25(19(6)7)20(8)9/h17-20H,14-16H2,1-13H3. The Morgan fingerprint density at radius 1 is 0.833 bits per heavy atom. The SMILES string of the molecule is CCC(=O)SCC(C)(C)SCC(C)(C)OP(N(C(C)C)C(C)C)N(C(C)C)C(C)C. The lowest BCUT2D eigenvalue weighted by Gasteiger charge is -2.48. The summed E-state index contributed by atoms with van der Waals surface area (Å²) in [6.45, 7) is 29.0. The van der Waals surface area contributed by atoms with Gasteiger partial charge in [-0.1, -0.05) is 18.7 Å². The topological polar surface area (TPSA) is 32.8 Å². The predicted octanol–water partition coefficient (Wildman–Crippen LogP) is 7.43. The Labute approximate surface area is 198 Å². The normalized spacial score (nSPS) is 13.9. The lowest BCUT2D eigenvalue weighted by molar-refractivity contribution is -0.110. The summed E-state index contributed by atoms with van der Waals surface area (Å²) >= 11 is 3.37. The molecule has 180 valence electrons. The molecule has 0 N–H and O–H groups in total. The molecule has 0 aromatic heterocycles. The van der Waals surface area contributed by atoms with E-state index in [0.717, 1.165) is 11.5 Å². The second-order valence-electron chi connectivity index (χ2n) is 10.3. The van der Waals surface area contributed by atoms with Crippen LogP contribution in [0.3, 0.4) is 0 Å². The molecule has 0 aromatic carbocycles. The summed E-state index contributed by atoms with van der Waals surface area (Å²) in [5.74, 6) is 1.73. The molecule has 0 aromatic rings. The van der Waals surface area contributed by atoms with Gasteiger partial charge in [0.1, 0.15) is 0 Å². The Balaban J connectivity index is 5.51. The zero-order valence-corrected chi connectivity index (χ0v) is 24.4. The van der Waals surface area contributed by atoms with Crippen LogP contribution in [-0.2, 0) is 9.32 Å². The van der Waals surface area contributed by atoms with Gasteiger partial charge in [-0.15, -0.1) is 0 Å². The summed E-state index contributed by atoms with van der Waals surface area (Å²) in [4.78, 5) is 11.7. The average molecular weight is 481 g/mol. The van der Waals surface area contributed by atoms with E-state index in [2.05, 4.69) is 92.4 Å². The summed E-state index contributed by atoms with van der Waals surface area (Å²) in [5, 5.41) is 0.275. The summed E-state index contributed by atoms with van der Waals surface area (Å²) in [5.41, 5.74) is -0.267. The maximum absolute atomic E-state index is 11.7. The highest BCUT2D eigenvalue weighted by Crippen LogP contribution is 2.54. The lowest BCUT2D eigenvalue weighted by Crippen LogP contribution is -2.45. The number of carbonyl (C=O) groups excluding carboxylic acids is 1. The highest BCUT2D eigenvalue weighted by atomic mass is 32.2. The van der Waals surface area contributed by atoms with Crippen molar-refractivity contribution in [3.63, 3.8) is 0 Å². The van der Waals surface area contributed by atoms with Crippen molar-refractivity contribution >= 4 is 37.1 Å². The van der Waals surface area contributed by atoms with E-state index in [0.29, 0.717) is 30.6 Å². The molecular formula is C23H49N2O2PS2. The second kappa shape index (κ2) is 13.4. The van der Waals surface area contributed by atoms with Crippen molar-refractivity contribution in [1.82, 2.24) is 9.34 Å². The third-order valence-electron chi connectivity index (χ3n) is 4.52. The molecule has 0 spiro atoms. The Morgan fingerprint density at radius 2 is 1.23 bits per heavy atom. The first-order valence-electron chi connectivity index (χ1n) is 11.4. The molecule has 0 fully saturated rings. The van der Waals surface area contributed by atoms with Crippen molar-refractivity contribution in [2.24, 2.45) is 0 Å². The van der Waals surface area contributed by atoms with Gasteiger partial charge < -0.3 is 4.52 Å². The summed E-state index contributed by atoms with van der Waals surface area (Å²) in [6, 6.07) is 1.64. The fraction of sp³-hybridized carbons (Fsp3) is 0.957. The first-order chi connectivity index (χ1) is 13.5. The molecule has 7 heteroatoms. The number of nitrogens with zero attached hydrogens (tertiary/aromatic N) is 2. The lowest BCUT2D eigenvalue weighted by atomic mass is 10.2. The molecule has 0 saturated carbocycles. The van der Waals surface area contributed by atoms with Gasteiger partial charge in [-0.2, -0.15) is 11.8 Å². The fourth-order valence-corrected chi connectivity index (χ4v) is 7.83. The Morgan fingerprint density at radius 3 is 1.57 bits per heavy atom. The molecule has 0 amide bonds. The number of hydrogen-bond donors (Lipinski definition) is 0. The third kappa shape index (κ3) is 11.0. The summed E-state index contributed by atoms with van der Waals surface area (Å²) in [7, 11) is -0.908. The first kappa shape index (κ1) is 30.7. The first-order valence-corrected chi connectivity index (χ1v) is 14.5. The highest BCUT2D eigenvalue weighted by Gasteiger charge is 2.39. The zero-order chi connectivity index (χ0) is 23.9. The molecule has 0 aliphatic carbocycles. The van der Waals surface area contributed by atoms with E-state index >= 15 is 0 Å². The van der Waals surface area contributed by atoms with Gasteiger partial charge in [0, 0.05) is 46.8 Å². The highest BCUT2D eigenvalue weighted by molar-refractivity contribution is 8.14. The molecule has 0 atom stereocenters. The molecule has 4 nitrogen and oxygen atoms in total. The van der Waals surface area contributed by atoms with E-state index in [1.165, 1.54) is 11.8 Å². The van der Waals surface area contributed by atoms with Gasteiger partial charge in [0.2, 0.25) is 0 Å².